The van der Waals surface area contributed by atoms with E-state index in [4.69, 9.17) is 0 Å². The first-order valence-corrected chi connectivity index (χ1v) is 6.89. The molecular weight excluding hydrogens is 210 g/mol. The van der Waals surface area contributed by atoms with Crippen LogP contribution in [0.2, 0.25) is 0 Å². The molecule has 1 aromatic heterocycles. The van der Waals surface area contributed by atoms with Crippen molar-refractivity contribution >= 4 is 0 Å². The predicted molar refractivity (Wildman–Crippen MR) is 68.8 cm³/mol. The highest BCUT2D eigenvalue weighted by Gasteiger charge is 2.44. The second-order valence-electron chi connectivity index (χ2n) is 5.85. The van der Waals surface area contributed by atoms with Crippen molar-refractivity contribution in [2.75, 3.05) is 0 Å². The van der Waals surface area contributed by atoms with Crippen molar-refractivity contribution in [2.45, 2.75) is 52.1 Å². The lowest BCUT2D eigenvalue weighted by molar-refractivity contribution is 0.352. The second kappa shape index (κ2) is 4.13. The summed E-state index contributed by atoms with van der Waals surface area (Å²) in [4.78, 5) is 0. The molecule has 3 atom stereocenters. The lowest BCUT2D eigenvalue weighted by atomic mass is 9.95. The van der Waals surface area contributed by atoms with Crippen LogP contribution in [0.5, 0.6) is 0 Å². The second-order valence-corrected chi connectivity index (χ2v) is 5.85. The molecule has 2 fully saturated rings. The van der Waals surface area contributed by atoms with Crippen molar-refractivity contribution in [3.05, 3.63) is 17.0 Å². The molecule has 2 aliphatic carbocycles. The number of hydrogen-bond donors (Lipinski definition) is 1. The van der Waals surface area contributed by atoms with Crippen LogP contribution < -0.4 is 5.32 Å². The molecule has 0 saturated heterocycles. The maximum Gasteiger partial charge on any atom is 0.0641 e. The monoisotopic (exact) mass is 233 g/mol. The maximum atomic E-state index is 4.48. The van der Waals surface area contributed by atoms with Crippen LogP contribution >= 0.6 is 0 Å². The SMILES string of the molecule is Cc1nn(C)c(C)c1CNC1CCCC2CC21. The lowest BCUT2D eigenvalue weighted by Crippen LogP contribution is -2.33. The molecule has 94 valence electrons. The van der Waals surface area contributed by atoms with Gasteiger partial charge in [0.15, 0.2) is 0 Å². The zero-order valence-electron chi connectivity index (χ0n) is 11.2. The van der Waals surface area contributed by atoms with Gasteiger partial charge in [-0.25, -0.2) is 0 Å². The van der Waals surface area contributed by atoms with Gasteiger partial charge in [0.25, 0.3) is 0 Å². The van der Waals surface area contributed by atoms with Gasteiger partial charge in [0.1, 0.15) is 0 Å². The average molecular weight is 233 g/mol. The first kappa shape index (κ1) is 11.3. The lowest BCUT2D eigenvalue weighted by Gasteiger charge is -2.22. The third-order valence-electron chi connectivity index (χ3n) is 4.78. The molecule has 3 unspecified atom stereocenters. The minimum Gasteiger partial charge on any atom is -0.310 e. The quantitative estimate of drug-likeness (QED) is 0.868. The summed E-state index contributed by atoms with van der Waals surface area (Å²) in [6.07, 6.45) is 5.75. The molecule has 3 rings (SSSR count). The predicted octanol–water partition coefficient (Wildman–Crippen LogP) is 2.32. The highest BCUT2D eigenvalue weighted by atomic mass is 15.3. The van der Waals surface area contributed by atoms with Crippen molar-refractivity contribution in [1.82, 2.24) is 15.1 Å². The van der Waals surface area contributed by atoms with Crippen LogP contribution in [0.15, 0.2) is 0 Å². The first-order chi connectivity index (χ1) is 8.16. The fraction of sp³-hybridized carbons (Fsp3) is 0.786. The maximum absolute atomic E-state index is 4.48. The normalized spacial score (nSPS) is 31.4. The molecule has 1 heterocycles. The number of rotatable bonds is 3. The number of nitrogens with one attached hydrogen (secondary N) is 1. The molecule has 0 radical (unpaired) electrons. The minimum absolute atomic E-state index is 0.771. The Balaban J connectivity index is 1.63. The molecule has 0 amide bonds. The van der Waals surface area contributed by atoms with Crippen molar-refractivity contribution in [3.63, 3.8) is 0 Å². The largest absolute Gasteiger partial charge is 0.310 e. The molecule has 0 bridgehead atoms. The first-order valence-electron chi connectivity index (χ1n) is 6.89. The Hall–Kier alpha value is -0.830. The Morgan fingerprint density at radius 2 is 2.18 bits per heavy atom. The molecule has 0 aromatic carbocycles. The summed E-state index contributed by atoms with van der Waals surface area (Å²) in [6.45, 7) is 5.28. The van der Waals surface area contributed by atoms with Gasteiger partial charge in [-0.05, 0) is 38.5 Å². The van der Waals surface area contributed by atoms with E-state index in [1.807, 2.05) is 11.7 Å². The fourth-order valence-corrected chi connectivity index (χ4v) is 3.47. The van der Waals surface area contributed by atoms with Gasteiger partial charge in [-0.1, -0.05) is 12.8 Å². The van der Waals surface area contributed by atoms with Crippen molar-refractivity contribution in [1.29, 1.82) is 0 Å². The number of hydrogen-bond acceptors (Lipinski definition) is 2. The van der Waals surface area contributed by atoms with Gasteiger partial charge in [0.2, 0.25) is 0 Å². The topological polar surface area (TPSA) is 29.9 Å². The molecule has 3 heteroatoms. The Bertz CT molecular complexity index is 421. The van der Waals surface area contributed by atoms with E-state index in [0.29, 0.717) is 0 Å². The molecule has 2 aliphatic rings. The Labute approximate surface area is 104 Å². The third kappa shape index (κ3) is 2.01. The Morgan fingerprint density at radius 1 is 1.35 bits per heavy atom. The Morgan fingerprint density at radius 3 is 2.88 bits per heavy atom. The van der Waals surface area contributed by atoms with Crippen LogP contribution in [-0.2, 0) is 13.6 Å². The molecule has 3 nitrogen and oxygen atoms in total. The standard InChI is InChI=1S/C14H23N3/c1-9-13(10(2)17(3)16-9)8-15-14-6-4-5-11-7-12(11)14/h11-12,14-15H,4-8H2,1-3H3. The summed E-state index contributed by atoms with van der Waals surface area (Å²) in [5.41, 5.74) is 3.88. The molecule has 0 aliphatic heterocycles. The van der Waals surface area contributed by atoms with Gasteiger partial charge in [0, 0.05) is 30.9 Å². The smallest absolute Gasteiger partial charge is 0.0641 e. The number of nitrogens with zero attached hydrogens (tertiary/aromatic N) is 2. The summed E-state index contributed by atoms with van der Waals surface area (Å²) in [7, 11) is 2.03. The Kier molecular flexibility index (Phi) is 2.74. The fourth-order valence-electron chi connectivity index (χ4n) is 3.47. The molecular formula is C14H23N3. The van der Waals surface area contributed by atoms with Crippen LogP contribution in [0, 0.1) is 25.7 Å². The van der Waals surface area contributed by atoms with Crippen LogP contribution in [0.3, 0.4) is 0 Å². The molecule has 2 saturated carbocycles. The van der Waals surface area contributed by atoms with Gasteiger partial charge in [-0.3, -0.25) is 4.68 Å². The van der Waals surface area contributed by atoms with Crippen LogP contribution in [0.4, 0.5) is 0 Å². The van der Waals surface area contributed by atoms with Crippen molar-refractivity contribution in [2.24, 2.45) is 18.9 Å². The summed E-state index contributed by atoms with van der Waals surface area (Å²) in [5.74, 6) is 2.04. The van der Waals surface area contributed by atoms with Gasteiger partial charge in [-0.2, -0.15) is 5.10 Å². The zero-order valence-corrected chi connectivity index (χ0v) is 11.2. The van der Waals surface area contributed by atoms with E-state index in [9.17, 15) is 0 Å². The summed E-state index contributed by atoms with van der Waals surface area (Å²) in [6, 6.07) is 0.771. The van der Waals surface area contributed by atoms with Gasteiger partial charge >= 0.3 is 0 Å². The van der Waals surface area contributed by atoms with Crippen LogP contribution in [0.25, 0.3) is 0 Å². The van der Waals surface area contributed by atoms with E-state index in [0.717, 1.165) is 24.4 Å². The van der Waals surface area contributed by atoms with Gasteiger partial charge in [0.05, 0.1) is 5.69 Å². The van der Waals surface area contributed by atoms with E-state index >= 15 is 0 Å². The van der Waals surface area contributed by atoms with E-state index in [1.165, 1.54) is 42.6 Å². The molecule has 0 spiro atoms. The van der Waals surface area contributed by atoms with E-state index < -0.39 is 0 Å². The van der Waals surface area contributed by atoms with Crippen LogP contribution in [-0.4, -0.2) is 15.8 Å². The molecule has 1 N–H and O–H groups in total. The van der Waals surface area contributed by atoms with E-state index in [1.54, 1.807) is 0 Å². The average Bonchev–Trinajstić information content (AvgIpc) is 3.04. The third-order valence-corrected chi connectivity index (χ3v) is 4.78. The number of aryl methyl sites for hydroxylation is 2. The molecule has 17 heavy (non-hydrogen) atoms. The number of fused-ring (bicyclic) bond motifs is 1. The summed E-state index contributed by atoms with van der Waals surface area (Å²) < 4.78 is 1.99. The van der Waals surface area contributed by atoms with E-state index in [-0.39, 0.29) is 0 Å². The van der Waals surface area contributed by atoms with Crippen molar-refractivity contribution < 1.29 is 0 Å². The zero-order chi connectivity index (χ0) is 12.0. The summed E-state index contributed by atoms with van der Waals surface area (Å²) in [5, 5.41) is 8.25. The highest BCUT2D eigenvalue weighted by Crippen LogP contribution is 2.49. The summed E-state index contributed by atoms with van der Waals surface area (Å²) >= 11 is 0. The van der Waals surface area contributed by atoms with E-state index in [2.05, 4.69) is 24.3 Å². The van der Waals surface area contributed by atoms with Crippen molar-refractivity contribution in [3.8, 4) is 0 Å². The minimum atomic E-state index is 0.771. The molecule has 1 aromatic rings. The van der Waals surface area contributed by atoms with Gasteiger partial charge < -0.3 is 5.32 Å². The number of aromatic nitrogens is 2. The van der Waals surface area contributed by atoms with Crippen LogP contribution in [0.1, 0.15) is 42.6 Å². The van der Waals surface area contributed by atoms with Gasteiger partial charge in [-0.15, -0.1) is 0 Å². The highest BCUT2D eigenvalue weighted by molar-refractivity contribution is 5.24.